The van der Waals surface area contributed by atoms with Crippen LogP contribution >= 0.6 is 11.6 Å². The van der Waals surface area contributed by atoms with Crippen molar-refractivity contribution in [3.05, 3.63) is 29.3 Å². The smallest absolute Gasteiger partial charge is 0.134 e. The minimum Gasteiger partial charge on any atom is -0.497 e. The second kappa shape index (κ2) is 5.41. The van der Waals surface area contributed by atoms with E-state index in [1.807, 2.05) is 6.92 Å². The normalized spacial score (nSPS) is 25.2. The van der Waals surface area contributed by atoms with Crippen LogP contribution in [0.5, 0.6) is 5.75 Å². The number of hydrogen-bond donors (Lipinski definition) is 0. The lowest BCUT2D eigenvalue weighted by atomic mass is 9.95. The lowest BCUT2D eigenvalue weighted by Gasteiger charge is -2.18. The highest BCUT2D eigenvalue weighted by molar-refractivity contribution is 6.21. The topological polar surface area (TPSA) is 18.5 Å². The molecule has 1 aromatic carbocycles. The molecule has 1 heterocycles. The van der Waals surface area contributed by atoms with Gasteiger partial charge in [0.25, 0.3) is 0 Å². The monoisotopic (exact) mass is 276 g/mol. The van der Waals surface area contributed by atoms with Gasteiger partial charge in [0, 0.05) is 23.6 Å². The van der Waals surface area contributed by atoms with Crippen LogP contribution in [0.25, 0.3) is 0 Å². The van der Waals surface area contributed by atoms with Crippen LogP contribution in [0.2, 0.25) is 0 Å². The second-order valence-corrected chi connectivity index (χ2v) is 5.02. The standard InChI is InChI=1S/C13H15ClF2O2/c1-7-3-8(6-18-7)13(14)12-10(15)4-9(17-2)5-11(12)16/h4-5,7-8,13H,3,6H2,1-2H3. The number of ether oxygens (including phenoxy) is 2. The molecule has 0 amide bonds. The molecule has 3 unspecified atom stereocenters. The molecule has 0 aromatic heterocycles. The Morgan fingerprint density at radius 1 is 1.39 bits per heavy atom. The molecule has 2 rings (SSSR count). The maximum Gasteiger partial charge on any atom is 0.134 e. The summed E-state index contributed by atoms with van der Waals surface area (Å²) in [6.45, 7) is 2.35. The highest BCUT2D eigenvalue weighted by atomic mass is 35.5. The van der Waals surface area contributed by atoms with Crippen LogP contribution in [0.15, 0.2) is 12.1 Å². The van der Waals surface area contributed by atoms with Gasteiger partial charge < -0.3 is 9.47 Å². The third-order valence-corrected chi connectivity index (χ3v) is 3.78. The minimum absolute atomic E-state index is 0.0703. The number of alkyl halides is 1. The largest absolute Gasteiger partial charge is 0.497 e. The van der Waals surface area contributed by atoms with Crippen LogP contribution in [0.4, 0.5) is 8.78 Å². The first-order valence-corrected chi connectivity index (χ1v) is 6.25. The maximum atomic E-state index is 13.9. The van der Waals surface area contributed by atoms with Crippen molar-refractivity contribution in [3.8, 4) is 5.75 Å². The van der Waals surface area contributed by atoms with Crippen molar-refractivity contribution in [2.24, 2.45) is 5.92 Å². The number of methoxy groups -OCH3 is 1. The van der Waals surface area contributed by atoms with Gasteiger partial charge in [-0.1, -0.05) is 0 Å². The van der Waals surface area contributed by atoms with Gasteiger partial charge in [-0.25, -0.2) is 8.78 Å². The molecule has 5 heteroatoms. The molecule has 1 fully saturated rings. The van der Waals surface area contributed by atoms with E-state index in [1.54, 1.807) is 0 Å². The molecule has 1 aliphatic rings. The first-order valence-electron chi connectivity index (χ1n) is 5.81. The van der Waals surface area contributed by atoms with Gasteiger partial charge in [0.2, 0.25) is 0 Å². The summed E-state index contributed by atoms with van der Waals surface area (Å²) >= 11 is 6.18. The zero-order chi connectivity index (χ0) is 13.3. The summed E-state index contributed by atoms with van der Waals surface area (Å²) in [4.78, 5) is 0. The van der Waals surface area contributed by atoms with Crippen LogP contribution < -0.4 is 4.74 Å². The molecule has 1 aliphatic heterocycles. The van der Waals surface area contributed by atoms with Crippen molar-refractivity contribution < 1.29 is 18.3 Å². The molecular formula is C13H15ClF2O2. The van der Waals surface area contributed by atoms with Crippen LogP contribution in [0.3, 0.4) is 0 Å². The van der Waals surface area contributed by atoms with E-state index in [2.05, 4.69) is 0 Å². The average molecular weight is 277 g/mol. The highest BCUT2D eigenvalue weighted by Crippen LogP contribution is 2.39. The van der Waals surface area contributed by atoms with Gasteiger partial charge in [0.05, 0.1) is 25.2 Å². The van der Waals surface area contributed by atoms with Crippen molar-refractivity contribution in [1.82, 2.24) is 0 Å². The second-order valence-electron chi connectivity index (χ2n) is 4.55. The Hall–Kier alpha value is -0.870. The molecule has 0 spiro atoms. The third kappa shape index (κ3) is 2.59. The predicted molar refractivity (Wildman–Crippen MR) is 65.0 cm³/mol. The van der Waals surface area contributed by atoms with Crippen molar-refractivity contribution in [1.29, 1.82) is 0 Å². The molecule has 0 saturated carbocycles. The molecule has 0 radical (unpaired) electrons. The zero-order valence-corrected chi connectivity index (χ0v) is 11.0. The molecule has 3 atom stereocenters. The molecular weight excluding hydrogens is 262 g/mol. The molecule has 1 aromatic rings. The first-order chi connectivity index (χ1) is 8.52. The van der Waals surface area contributed by atoms with E-state index in [9.17, 15) is 8.78 Å². The average Bonchev–Trinajstić information content (AvgIpc) is 2.74. The van der Waals surface area contributed by atoms with Gasteiger partial charge >= 0.3 is 0 Å². The van der Waals surface area contributed by atoms with Crippen LogP contribution in [0.1, 0.15) is 24.3 Å². The Morgan fingerprint density at radius 3 is 2.44 bits per heavy atom. The molecule has 18 heavy (non-hydrogen) atoms. The molecule has 1 saturated heterocycles. The summed E-state index contributed by atoms with van der Waals surface area (Å²) in [5.41, 5.74) is -0.0971. The van der Waals surface area contributed by atoms with Crippen LogP contribution in [0, 0.1) is 17.6 Å². The van der Waals surface area contributed by atoms with E-state index < -0.39 is 17.0 Å². The molecule has 0 N–H and O–H groups in total. The zero-order valence-electron chi connectivity index (χ0n) is 10.3. The van der Waals surface area contributed by atoms with Gasteiger partial charge in [0.15, 0.2) is 0 Å². The summed E-state index contributed by atoms with van der Waals surface area (Å²) < 4.78 is 37.9. The minimum atomic E-state index is -0.721. The van der Waals surface area contributed by atoms with Gasteiger partial charge in [0.1, 0.15) is 17.4 Å². The fraction of sp³-hybridized carbons (Fsp3) is 0.538. The highest BCUT2D eigenvalue weighted by Gasteiger charge is 2.32. The Labute approximate surface area is 110 Å². The van der Waals surface area contributed by atoms with Crippen molar-refractivity contribution >= 4 is 11.6 Å². The lowest BCUT2D eigenvalue weighted by molar-refractivity contribution is 0.119. The Morgan fingerprint density at radius 2 is 2.00 bits per heavy atom. The van der Waals surface area contributed by atoms with E-state index in [-0.39, 0.29) is 23.3 Å². The lowest BCUT2D eigenvalue weighted by Crippen LogP contribution is -2.12. The van der Waals surface area contributed by atoms with E-state index >= 15 is 0 Å². The fourth-order valence-corrected chi connectivity index (χ4v) is 2.62. The maximum absolute atomic E-state index is 13.9. The van der Waals surface area contributed by atoms with Gasteiger partial charge in [-0.15, -0.1) is 11.6 Å². The summed E-state index contributed by atoms with van der Waals surface area (Å²) in [6.07, 6.45) is 0.791. The number of halogens is 3. The molecule has 0 bridgehead atoms. The summed E-state index contributed by atoms with van der Waals surface area (Å²) in [5.74, 6) is -1.27. The van der Waals surface area contributed by atoms with Crippen LogP contribution in [-0.4, -0.2) is 19.8 Å². The van der Waals surface area contributed by atoms with E-state index in [0.29, 0.717) is 13.0 Å². The van der Waals surface area contributed by atoms with Crippen LogP contribution in [-0.2, 0) is 4.74 Å². The quantitative estimate of drug-likeness (QED) is 0.784. The summed E-state index contributed by atoms with van der Waals surface area (Å²) in [6, 6.07) is 2.29. The van der Waals surface area contributed by atoms with Crippen molar-refractivity contribution in [2.75, 3.05) is 13.7 Å². The first kappa shape index (κ1) is 13.6. The van der Waals surface area contributed by atoms with Gasteiger partial charge in [-0.05, 0) is 13.3 Å². The Kier molecular flexibility index (Phi) is 4.07. The van der Waals surface area contributed by atoms with Gasteiger partial charge in [-0.2, -0.15) is 0 Å². The Bertz CT molecular complexity index is 416. The predicted octanol–water partition coefficient (Wildman–Crippen LogP) is 3.68. The molecule has 100 valence electrons. The third-order valence-electron chi connectivity index (χ3n) is 3.21. The summed E-state index contributed by atoms with van der Waals surface area (Å²) in [5, 5.41) is -0.721. The molecule has 0 aliphatic carbocycles. The number of rotatable bonds is 3. The van der Waals surface area contributed by atoms with E-state index in [4.69, 9.17) is 21.1 Å². The number of hydrogen-bond acceptors (Lipinski definition) is 2. The number of benzene rings is 1. The van der Waals surface area contributed by atoms with E-state index in [0.717, 1.165) is 12.1 Å². The fourth-order valence-electron chi connectivity index (χ4n) is 2.23. The van der Waals surface area contributed by atoms with Crippen molar-refractivity contribution in [2.45, 2.75) is 24.8 Å². The van der Waals surface area contributed by atoms with Gasteiger partial charge in [-0.3, -0.25) is 0 Å². The summed E-state index contributed by atoms with van der Waals surface area (Å²) in [7, 11) is 1.36. The molecule has 2 nitrogen and oxygen atoms in total. The van der Waals surface area contributed by atoms with E-state index in [1.165, 1.54) is 7.11 Å². The Balaban J connectivity index is 2.27. The SMILES string of the molecule is COc1cc(F)c(C(Cl)C2COC(C)C2)c(F)c1. The van der Waals surface area contributed by atoms with Crippen molar-refractivity contribution in [3.63, 3.8) is 0 Å².